The smallest absolute Gasteiger partial charge is 0.271 e. The Hall–Kier alpha value is -1.38. The topological polar surface area (TPSA) is 55.4 Å². The quantitative estimate of drug-likeness (QED) is 0.523. The first kappa shape index (κ1) is 6.74. The van der Waals surface area contributed by atoms with Gasteiger partial charge < -0.3 is 5.73 Å². The molecule has 0 atom stereocenters. The highest BCUT2D eigenvalue weighted by Crippen LogP contribution is 1.92. The van der Waals surface area contributed by atoms with E-state index >= 15 is 0 Å². The lowest BCUT2D eigenvalue weighted by Gasteiger charge is -1.92. The van der Waals surface area contributed by atoms with Crippen LogP contribution in [0, 0.1) is 0 Å². The van der Waals surface area contributed by atoms with Gasteiger partial charge in [-0.05, 0) is 12.5 Å². The second kappa shape index (κ2) is 2.96. The van der Waals surface area contributed by atoms with Gasteiger partial charge in [0, 0.05) is 6.08 Å². The molecule has 0 aromatic carbocycles. The van der Waals surface area contributed by atoms with Crippen molar-refractivity contribution in [1.29, 1.82) is 0 Å². The largest absolute Gasteiger partial charge is 0.384 e. The molecule has 1 aliphatic rings. The Kier molecular flexibility index (Phi) is 1.99. The summed E-state index contributed by atoms with van der Waals surface area (Å²) in [5, 5.41) is 0. The zero-order valence-corrected chi connectivity index (χ0v) is 5.45. The molecule has 0 aromatic heterocycles. The molecular formula is C7H8N2O. The number of hydrogen-bond donors (Lipinski definition) is 1. The van der Waals surface area contributed by atoms with Crippen molar-refractivity contribution in [1.82, 2.24) is 0 Å². The summed E-state index contributed by atoms with van der Waals surface area (Å²) in [4.78, 5) is 14.2. The molecule has 0 saturated carbocycles. The molecule has 52 valence electrons. The van der Waals surface area contributed by atoms with Crippen LogP contribution in [0.5, 0.6) is 0 Å². The van der Waals surface area contributed by atoms with Crippen LogP contribution in [0.3, 0.4) is 0 Å². The molecule has 1 amide bonds. The number of aliphatic imine (C=N–C) groups is 1. The van der Waals surface area contributed by atoms with Gasteiger partial charge in [0.2, 0.25) is 0 Å². The predicted molar refractivity (Wildman–Crippen MR) is 39.5 cm³/mol. The zero-order chi connectivity index (χ0) is 7.40. The first-order valence-electron chi connectivity index (χ1n) is 3.00. The summed E-state index contributed by atoms with van der Waals surface area (Å²) in [7, 11) is 0. The van der Waals surface area contributed by atoms with Crippen LogP contribution in [-0.4, -0.2) is 11.7 Å². The van der Waals surface area contributed by atoms with Gasteiger partial charge in [0.1, 0.15) is 5.84 Å². The summed E-state index contributed by atoms with van der Waals surface area (Å²) in [5.74, 6) is -0.0174. The Morgan fingerprint density at radius 3 is 2.90 bits per heavy atom. The van der Waals surface area contributed by atoms with Crippen LogP contribution < -0.4 is 5.73 Å². The van der Waals surface area contributed by atoms with Crippen LogP contribution in [0.15, 0.2) is 29.3 Å². The van der Waals surface area contributed by atoms with E-state index < -0.39 is 0 Å². The zero-order valence-electron chi connectivity index (χ0n) is 5.45. The third kappa shape index (κ3) is 1.85. The van der Waals surface area contributed by atoms with Crippen molar-refractivity contribution in [2.75, 3.05) is 0 Å². The molecule has 0 bridgehead atoms. The van der Waals surface area contributed by atoms with Crippen LogP contribution >= 0.6 is 0 Å². The van der Waals surface area contributed by atoms with Crippen molar-refractivity contribution in [3.8, 4) is 0 Å². The second-order valence-electron chi connectivity index (χ2n) is 1.92. The van der Waals surface area contributed by atoms with Gasteiger partial charge in [-0.15, -0.1) is 0 Å². The molecule has 0 radical (unpaired) electrons. The highest BCUT2D eigenvalue weighted by molar-refractivity contribution is 6.03. The number of amidine groups is 1. The molecule has 10 heavy (non-hydrogen) atoms. The molecule has 3 heteroatoms. The Balaban J connectivity index is 2.85. The molecule has 0 fully saturated rings. The van der Waals surface area contributed by atoms with Crippen LogP contribution in [0.1, 0.15) is 6.42 Å². The van der Waals surface area contributed by atoms with E-state index in [9.17, 15) is 4.79 Å². The molecule has 3 nitrogen and oxygen atoms in total. The van der Waals surface area contributed by atoms with Crippen molar-refractivity contribution < 1.29 is 4.79 Å². The molecule has 1 rings (SSSR count). The summed E-state index contributed by atoms with van der Waals surface area (Å²) in [6, 6.07) is 0. The first-order chi connectivity index (χ1) is 4.79. The fourth-order valence-electron chi connectivity index (χ4n) is 0.638. The van der Waals surface area contributed by atoms with E-state index in [0.29, 0.717) is 0 Å². The summed E-state index contributed by atoms with van der Waals surface area (Å²) < 4.78 is 0. The van der Waals surface area contributed by atoms with Crippen LogP contribution in [0.2, 0.25) is 0 Å². The van der Waals surface area contributed by atoms with Crippen LogP contribution in [0.4, 0.5) is 0 Å². The lowest BCUT2D eigenvalue weighted by atomic mass is 10.3. The maximum atomic E-state index is 10.7. The van der Waals surface area contributed by atoms with Crippen molar-refractivity contribution in [3.05, 3.63) is 24.3 Å². The predicted octanol–water partition coefficient (Wildman–Crippen LogP) is 0.386. The molecule has 1 aliphatic heterocycles. The fourth-order valence-corrected chi connectivity index (χ4v) is 0.638. The SMILES string of the molecule is NC1=NC(=O)C=CCC=C1. The molecule has 0 aromatic rings. The monoisotopic (exact) mass is 136 g/mol. The number of hydrogen-bond acceptors (Lipinski definition) is 2. The Morgan fingerprint density at radius 1 is 1.40 bits per heavy atom. The molecule has 2 N–H and O–H groups in total. The van der Waals surface area contributed by atoms with Crippen LogP contribution in [0.25, 0.3) is 0 Å². The summed E-state index contributed by atoms with van der Waals surface area (Å²) in [6.45, 7) is 0. The standard InChI is InChI=1S/C7H8N2O/c8-6-4-2-1-3-5-7(10)9-6/h2-5H,1H2,(H2,8,9,10). The van der Waals surface area contributed by atoms with Crippen molar-refractivity contribution in [3.63, 3.8) is 0 Å². The van der Waals surface area contributed by atoms with Gasteiger partial charge in [-0.3, -0.25) is 4.79 Å². The number of allylic oxidation sites excluding steroid dienone is 2. The fraction of sp³-hybridized carbons (Fsp3) is 0.143. The van der Waals surface area contributed by atoms with Gasteiger partial charge >= 0.3 is 0 Å². The first-order valence-corrected chi connectivity index (χ1v) is 3.00. The maximum absolute atomic E-state index is 10.7. The number of rotatable bonds is 0. The van der Waals surface area contributed by atoms with E-state index in [1.54, 1.807) is 12.2 Å². The van der Waals surface area contributed by atoms with Crippen molar-refractivity contribution >= 4 is 11.7 Å². The lowest BCUT2D eigenvalue weighted by Crippen LogP contribution is -2.10. The summed E-state index contributed by atoms with van der Waals surface area (Å²) in [5.41, 5.74) is 5.30. The molecule has 0 unspecified atom stereocenters. The number of nitrogens with zero attached hydrogens (tertiary/aromatic N) is 1. The third-order valence-corrected chi connectivity index (χ3v) is 1.06. The highest BCUT2D eigenvalue weighted by atomic mass is 16.1. The van der Waals surface area contributed by atoms with Crippen molar-refractivity contribution in [2.45, 2.75) is 6.42 Å². The third-order valence-electron chi connectivity index (χ3n) is 1.06. The minimum absolute atomic E-state index is 0.273. The van der Waals surface area contributed by atoms with Gasteiger partial charge in [-0.2, -0.15) is 4.99 Å². The molecule has 1 heterocycles. The molecule has 0 spiro atoms. The number of carbonyl (C=O) groups is 1. The second-order valence-corrected chi connectivity index (χ2v) is 1.92. The van der Waals surface area contributed by atoms with Gasteiger partial charge in [0.05, 0.1) is 0 Å². The Bertz CT molecular complexity index is 226. The van der Waals surface area contributed by atoms with E-state index in [1.807, 2.05) is 6.08 Å². The van der Waals surface area contributed by atoms with E-state index in [-0.39, 0.29) is 11.7 Å². The average Bonchev–Trinajstić information content (AvgIpc) is 1.83. The van der Waals surface area contributed by atoms with Gasteiger partial charge in [-0.1, -0.05) is 12.2 Å². The lowest BCUT2D eigenvalue weighted by molar-refractivity contribution is -0.113. The van der Waals surface area contributed by atoms with E-state index in [2.05, 4.69) is 4.99 Å². The Morgan fingerprint density at radius 2 is 2.10 bits per heavy atom. The molecular weight excluding hydrogens is 128 g/mol. The number of amides is 1. The van der Waals surface area contributed by atoms with Gasteiger partial charge in [0.25, 0.3) is 5.91 Å². The normalized spacial score (nSPS) is 18.0. The summed E-state index contributed by atoms with van der Waals surface area (Å²) >= 11 is 0. The molecule has 0 aliphatic carbocycles. The van der Waals surface area contributed by atoms with E-state index in [0.717, 1.165) is 6.42 Å². The van der Waals surface area contributed by atoms with E-state index in [1.165, 1.54) is 6.08 Å². The molecule has 0 saturated heterocycles. The minimum Gasteiger partial charge on any atom is -0.384 e. The maximum Gasteiger partial charge on any atom is 0.271 e. The number of nitrogens with two attached hydrogens (primary N) is 1. The van der Waals surface area contributed by atoms with E-state index in [4.69, 9.17) is 5.73 Å². The van der Waals surface area contributed by atoms with Gasteiger partial charge in [0.15, 0.2) is 0 Å². The van der Waals surface area contributed by atoms with Gasteiger partial charge in [-0.25, -0.2) is 0 Å². The highest BCUT2D eigenvalue weighted by Gasteiger charge is 1.93. The van der Waals surface area contributed by atoms with Crippen LogP contribution in [-0.2, 0) is 4.79 Å². The van der Waals surface area contributed by atoms with Crippen molar-refractivity contribution in [2.24, 2.45) is 10.7 Å². The Labute approximate surface area is 58.9 Å². The number of carbonyl (C=O) groups excluding carboxylic acids is 1. The minimum atomic E-state index is -0.290. The summed E-state index contributed by atoms with van der Waals surface area (Å²) in [6.07, 6.45) is 7.37. The average molecular weight is 136 g/mol.